The van der Waals surface area contributed by atoms with Crippen molar-refractivity contribution in [3.8, 4) is 5.75 Å². The zero-order chi connectivity index (χ0) is 17.5. The van der Waals surface area contributed by atoms with Crippen molar-refractivity contribution in [3.63, 3.8) is 0 Å². The highest BCUT2D eigenvalue weighted by Gasteiger charge is 2.32. The van der Waals surface area contributed by atoms with Crippen molar-refractivity contribution in [3.05, 3.63) is 29.3 Å². The van der Waals surface area contributed by atoms with Gasteiger partial charge in [-0.25, -0.2) is 0 Å². The van der Waals surface area contributed by atoms with Crippen molar-refractivity contribution in [2.45, 2.75) is 31.9 Å². The summed E-state index contributed by atoms with van der Waals surface area (Å²) in [4.78, 5) is 22.3. The summed E-state index contributed by atoms with van der Waals surface area (Å²) in [7, 11) is 0. The Balaban J connectivity index is 2.01. The summed E-state index contributed by atoms with van der Waals surface area (Å²) in [6.45, 7) is 4.67. The number of carbonyl (C=O) groups excluding carboxylic acids is 1. The predicted octanol–water partition coefficient (Wildman–Crippen LogP) is 2.18. The summed E-state index contributed by atoms with van der Waals surface area (Å²) < 4.78 is 5.66. The molecule has 7 nitrogen and oxygen atoms in total. The molecule has 1 saturated heterocycles. The Morgan fingerprint density at radius 2 is 2.29 bits per heavy atom. The quantitative estimate of drug-likeness (QED) is 0.580. The van der Waals surface area contributed by atoms with E-state index < -0.39 is 11.2 Å². The third kappa shape index (κ3) is 5.09. The highest BCUT2D eigenvalue weighted by Crippen LogP contribution is 2.22. The Bertz CT molecular complexity index is 688. The van der Waals surface area contributed by atoms with Crippen LogP contribution in [0, 0.1) is 6.92 Å². The number of ether oxygens (including phenoxy) is 1. The minimum absolute atomic E-state index is 0.241. The van der Waals surface area contributed by atoms with Crippen molar-refractivity contribution in [1.82, 2.24) is 5.32 Å². The maximum Gasteiger partial charge on any atom is 0.305 e. The molecule has 2 rings (SSSR count). The SMILES string of the molecule is CCCOc1cc(C=NN=C2NC(=O)C(CC(=O)O)S2)ccc1C. The summed E-state index contributed by atoms with van der Waals surface area (Å²) in [6.07, 6.45) is 2.25. The van der Waals surface area contributed by atoms with Gasteiger partial charge >= 0.3 is 5.97 Å². The molecule has 8 heteroatoms. The van der Waals surface area contributed by atoms with Crippen molar-refractivity contribution in [2.24, 2.45) is 10.2 Å². The van der Waals surface area contributed by atoms with Crippen molar-refractivity contribution in [1.29, 1.82) is 0 Å². The maximum absolute atomic E-state index is 11.6. The second kappa shape index (κ2) is 8.49. The third-order valence-corrected chi connectivity index (χ3v) is 4.24. The Labute approximate surface area is 144 Å². The predicted molar refractivity (Wildman–Crippen MR) is 93.8 cm³/mol. The van der Waals surface area contributed by atoms with Gasteiger partial charge in [0.05, 0.1) is 19.2 Å². The molecule has 1 atom stereocenters. The van der Waals surface area contributed by atoms with Crippen LogP contribution in [-0.2, 0) is 9.59 Å². The van der Waals surface area contributed by atoms with Gasteiger partial charge < -0.3 is 15.2 Å². The number of thioether (sulfide) groups is 1. The number of carbonyl (C=O) groups is 2. The fourth-order valence-electron chi connectivity index (χ4n) is 1.96. The molecule has 0 saturated carbocycles. The van der Waals surface area contributed by atoms with Crippen LogP contribution in [0.4, 0.5) is 0 Å². The normalized spacial score (nSPS) is 19.0. The molecule has 0 bridgehead atoms. The number of hydrogen-bond donors (Lipinski definition) is 2. The van der Waals surface area contributed by atoms with Crippen LogP contribution in [0.3, 0.4) is 0 Å². The summed E-state index contributed by atoms with van der Waals surface area (Å²) >= 11 is 1.07. The molecule has 0 aliphatic carbocycles. The number of nitrogens with one attached hydrogen (secondary N) is 1. The molecule has 0 spiro atoms. The first kappa shape index (κ1) is 18.0. The lowest BCUT2D eigenvalue weighted by molar-refractivity contribution is -0.138. The molecule has 1 aliphatic heterocycles. The Morgan fingerprint density at radius 1 is 1.50 bits per heavy atom. The van der Waals surface area contributed by atoms with Gasteiger partial charge in [-0.05, 0) is 30.5 Å². The van der Waals surface area contributed by atoms with Gasteiger partial charge in [0.2, 0.25) is 5.91 Å². The summed E-state index contributed by atoms with van der Waals surface area (Å²) in [6, 6.07) is 5.71. The maximum atomic E-state index is 11.6. The summed E-state index contributed by atoms with van der Waals surface area (Å²) in [5.41, 5.74) is 1.87. The lowest BCUT2D eigenvalue weighted by atomic mass is 10.1. The highest BCUT2D eigenvalue weighted by atomic mass is 32.2. The van der Waals surface area contributed by atoms with E-state index in [4.69, 9.17) is 9.84 Å². The van der Waals surface area contributed by atoms with E-state index in [1.165, 1.54) is 0 Å². The van der Waals surface area contributed by atoms with Gasteiger partial charge in [-0.15, -0.1) is 5.10 Å². The first-order valence-electron chi connectivity index (χ1n) is 7.53. The molecular weight excluding hydrogens is 330 g/mol. The number of benzene rings is 1. The number of nitrogens with zero attached hydrogens (tertiary/aromatic N) is 2. The molecule has 1 aromatic rings. The first-order valence-corrected chi connectivity index (χ1v) is 8.41. The molecule has 1 aliphatic rings. The lowest BCUT2D eigenvalue weighted by Crippen LogP contribution is -2.26. The number of amides is 1. The standard InChI is InChI=1S/C16H19N3O4S/c1-3-6-23-12-7-11(5-4-10(12)2)9-17-19-16-18-15(22)13(24-16)8-14(20)21/h4-5,7,9,13H,3,6,8H2,1-2H3,(H,20,21)(H,18,19,22). The summed E-state index contributed by atoms with van der Waals surface area (Å²) in [5.74, 6) is -0.577. The van der Waals surface area contributed by atoms with Crippen LogP contribution >= 0.6 is 11.8 Å². The monoisotopic (exact) mass is 349 g/mol. The Hall–Kier alpha value is -2.35. The number of amidine groups is 1. The Kier molecular flexibility index (Phi) is 6.36. The molecule has 0 radical (unpaired) electrons. The van der Waals surface area contributed by atoms with Crippen molar-refractivity contribution >= 4 is 35.0 Å². The van der Waals surface area contributed by atoms with E-state index >= 15 is 0 Å². The first-order chi connectivity index (χ1) is 11.5. The number of hydrogen-bond acceptors (Lipinski definition) is 6. The average Bonchev–Trinajstić information content (AvgIpc) is 2.87. The second-order valence-electron chi connectivity index (χ2n) is 5.22. The van der Waals surface area contributed by atoms with E-state index in [-0.39, 0.29) is 12.3 Å². The fraction of sp³-hybridized carbons (Fsp3) is 0.375. The van der Waals surface area contributed by atoms with Crippen molar-refractivity contribution < 1.29 is 19.4 Å². The molecule has 1 unspecified atom stereocenters. The highest BCUT2D eigenvalue weighted by molar-refractivity contribution is 8.15. The van der Waals surface area contributed by atoms with Gasteiger partial charge in [-0.1, -0.05) is 30.8 Å². The Morgan fingerprint density at radius 3 is 3.00 bits per heavy atom. The molecule has 2 N–H and O–H groups in total. The zero-order valence-electron chi connectivity index (χ0n) is 13.5. The molecule has 0 aromatic heterocycles. The molecule has 1 aromatic carbocycles. The van der Waals surface area contributed by atoms with Gasteiger partial charge in [0.25, 0.3) is 0 Å². The van der Waals surface area contributed by atoms with Gasteiger partial charge in [0.1, 0.15) is 11.0 Å². The van der Waals surface area contributed by atoms with Crippen molar-refractivity contribution in [2.75, 3.05) is 6.61 Å². The lowest BCUT2D eigenvalue weighted by Gasteiger charge is -2.08. The van der Waals surface area contributed by atoms with Crippen LogP contribution in [-0.4, -0.2) is 40.2 Å². The molecule has 1 heterocycles. The van der Waals surface area contributed by atoms with Crippen LogP contribution in [0.2, 0.25) is 0 Å². The third-order valence-electron chi connectivity index (χ3n) is 3.17. The number of carboxylic acids is 1. The average molecular weight is 349 g/mol. The van der Waals surface area contributed by atoms with Crippen LogP contribution in [0.5, 0.6) is 5.75 Å². The molecular formula is C16H19N3O4S. The van der Waals surface area contributed by atoms with E-state index in [1.54, 1.807) is 6.21 Å². The number of aryl methyl sites for hydroxylation is 1. The number of carboxylic acid groups (broad SMARTS) is 1. The topological polar surface area (TPSA) is 100 Å². The molecule has 128 valence electrons. The van der Waals surface area contributed by atoms with Gasteiger partial charge in [0.15, 0.2) is 5.17 Å². The largest absolute Gasteiger partial charge is 0.493 e. The van der Waals surface area contributed by atoms with Crippen LogP contribution in [0.25, 0.3) is 0 Å². The minimum Gasteiger partial charge on any atom is -0.493 e. The number of aliphatic carboxylic acids is 1. The molecule has 24 heavy (non-hydrogen) atoms. The van der Waals surface area contributed by atoms with E-state index in [0.29, 0.717) is 11.8 Å². The molecule has 1 amide bonds. The van der Waals surface area contributed by atoms with E-state index in [2.05, 4.69) is 15.5 Å². The summed E-state index contributed by atoms with van der Waals surface area (Å²) in [5, 5.41) is 18.8. The van der Waals surface area contributed by atoms with Gasteiger partial charge in [-0.3, -0.25) is 9.59 Å². The number of rotatable bonds is 7. The van der Waals surface area contributed by atoms with Crippen LogP contribution < -0.4 is 10.1 Å². The second-order valence-corrected chi connectivity index (χ2v) is 6.41. The van der Waals surface area contributed by atoms with E-state index in [1.807, 2.05) is 32.0 Å². The minimum atomic E-state index is -1.02. The molecule has 1 fully saturated rings. The zero-order valence-corrected chi connectivity index (χ0v) is 14.3. The van der Waals surface area contributed by atoms with Gasteiger partial charge in [0, 0.05) is 0 Å². The van der Waals surface area contributed by atoms with E-state index in [9.17, 15) is 9.59 Å². The fourth-order valence-corrected chi connectivity index (χ4v) is 2.87. The smallest absolute Gasteiger partial charge is 0.305 e. The van der Waals surface area contributed by atoms with Gasteiger partial charge in [-0.2, -0.15) is 5.10 Å². The van der Waals surface area contributed by atoms with Crippen LogP contribution in [0.15, 0.2) is 28.4 Å². The van der Waals surface area contributed by atoms with E-state index in [0.717, 1.165) is 35.1 Å². The van der Waals surface area contributed by atoms with Crippen LogP contribution in [0.1, 0.15) is 30.9 Å².